The topological polar surface area (TPSA) is 105 Å². The summed E-state index contributed by atoms with van der Waals surface area (Å²) in [5.41, 5.74) is 5.96. The predicted octanol–water partition coefficient (Wildman–Crippen LogP) is 1.04. The Labute approximate surface area is 123 Å². The zero-order valence-corrected chi connectivity index (χ0v) is 11.9. The fourth-order valence-electron chi connectivity index (χ4n) is 1.94. The Morgan fingerprint density at radius 3 is 2.57 bits per heavy atom. The molecule has 0 saturated heterocycles. The van der Waals surface area contributed by atoms with Gasteiger partial charge >= 0.3 is 0 Å². The summed E-state index contributed by atoms with van der Waals surface area (Å²) >= 11 is 0. The summed E-state index contributed by atoms with van der Waals surface area (Å²) < 4.78 is 5.19. The van der Waals surface area contributed by atoms with Crippen molar-refractivity contribution >= 4 is 11.8 Å². The number of amides is 2. The molecule has 1 rings (SSSR count). The van der Waals surface area contributed by atoms with Crippen molar-refractivity contribution in [3.8, 4) is 6.07 Å². The van der Waals surface area contributed by atoms with Crippen LogP contribution in [0.5, 0.6) is 0 Å². The number of ether oxygens (including phenoxy) is 1. The molecule has 0 fully saturated rings. The third-order valence-corrected chi connectivity index (χ3v) is 3.02. The van der Waals surface area contributed by atoms with Gasteiger partial charge in [0.2, 0.25) is 5.91 Å². The summed E-state index contributed by atoms with van der Waals surface area (Å²) in [6.45, 7) is 0. The van der Waals surface area contributed by atoms with Crippen molar-refractivity contribution in [1.82, 2.24) is 5.32 Å². The van der Waals surface area contributed by atoms with Gasteiger partial charge in [0.1, 0.15) is 6.04 Å². The second-order valence-electron chi connectivity index (χ2n) is 4.54. The van der Waals surface area contributed by atoms with Crippen LogP contribution in [0.3, 0.4) is 0 Å². The van der Waals surface area contributed by atoms with Gasteiger partial charge in [-0.2, -0.15) is 5.26 Å². The van der Waals surface area contributed by atoms with Gasteiger partial charge in [0.15, 0.2) is 6.10 Å². The van der Waals surface area contributed by atoms with Crippen LogP contribution in [0.1, 0.15) is 30.9 Å². The molecule has 0 heterocycles. The molecule has 0 radical (unpaired) electrons. The molecule has 2 atom stereocenters. The first-order valence-electron chi connectivity index (χ1n) is 6.64. The highest BCUT2D eigenvalue weighted by Crippen LogP contribution is 2.16. The lowest BCUT2D eigenvalue weighted by Gasteiger charge is -2.20. The molecular weight excluding hydrogens is 270 g/mol. The van der Waals surface area contributed by atoms with Crippen molar-refractivity contribution < 1.29 is 14.3 Å². The summed E-state index contributed by atoms with van der Waals surface area (Å²) in [4.78, 5) is 23.6. The molecule has 112 valence electrons. The SMILES string of the molecule is CO[C@H](C(=O)N[C@@H](CCCC#N)C(N)=O)c1ccccc1. The van der Waals surface area contributed by atoms with E-state index in [2.05, 4.69) is 5.32 Å². The number of nitrogens with zero attached hydrogens (tertiary/aromatic N) is 1. The lowest BCUT2D eigenvalue weighted by molar-refractivity contribution is -0.135. The quantitative estimate of drug-likeness (QED) is 0.697. The van der Waals surface area contributed by atoms with Crippen LogP contribution >= 0.6 is 0 Å². The van der Waals surface area contributed by atoms with Crippen LogP contribution in [0.4, 0.5) is 0 Å². The standard InChI is InChI=1S/C15H19N3O3/c1-21-13(11-7-3-2-4-8-11)15(20)18-12(14(17)19)9-5-6-10-16/h2-4,7-8,12-13H,5-6,9H2,1H3,(H2,17,19)(H,18,20)/t12-,13-/m0/s1. The first-order chi connectivity index (χ1) is 10.1. The van der Waals surface area contributed by atoms with E-state index in [0.717, 1.165) is 0 Å². The van der Waals surface area contributed by atoms with Crippen molar-refractivity contribution in [2.24, 2.45) is 5.73 Å². The van der Waals surface area contributed by atoms with Gasteiger partial charge < -0.3 is 15.8 Å². The first-order valence-corrected chi connectivity index (χ1v) is 6.64. The summed E-state index contributed by atoms with van der Waals surface area (Å²) in [7, 11) is 1.42. The Hall–Kier alpha value is -2.39. The molecule has 6 heteroatoms. The number of benzene rings is 1. The normalized spacial score (nSPS) is 13.0. The van der Waals surface area contributed by atoms with Gasteiger partial charge in [-0.1, -0.05) is 30.3 Å². The van der Waals surface area contributed by atoms with E-state index >= 15 is 0 Å². The summed E-state index contributed by atoms with van der Waals surface area (Å²) in [5, 5.41) is 11.1. The van der Waals surface area contributed by atoms with Crippen LogP contribution in [-0.2, 0) is 14.3 Å². The molecule has 0 aliphatic rings. The van der Waals surface area contributed by atoms with Crippen LogP contribution in [0.25, 0.3) is 0 Å². The lowest BCUT2D eigenvalue weighted by Crippen LogP contribution is -2.46. The van der Waals surface area contributed by atoms with Crippen LogP contribution in [0.15, 0.2) is 30.3 Å². The number of carbonyl (C=O) groups is 2. The second-order valence-corrected chi connectivity index (χ2v) is 4.54. The van der Waals surface area contributed by atoms with Gasteiger partial charge in [0.25, 0.3) is 5.91 Å². The third kappa shape index (κ3) is 5.24. The number of hydrogen-bond donors (Lipinski definition) is 2. The fraction of sp³-hybridized carbons (Fsp3) is 0.400. The van der Waals surface area contributed by atoms with Crippen molar-refractivity contribution in [2.75, 3.05) is 7.11 Å². The van der Waals surface area contributed by atoms with Crippen LogP contribution in [0.2, 0.25) is 0 Å². The van der Waals surface area contributed by atoms with E-state index < -0.39 is 24.0 Å². The monoisotopic (exact) mass is 289 g/mol. The Morgan fingerprint density at radius 2 is 2.05 bits per heavy atom. The Kier molecular flexibility index (Phi) is 6.92. The number of rotatable bonds is 8. The van der Waals surface area contributed by atoms with Crippen LogP contribution < -0.4 is 11.1 Å². The maximum absolute atomic E-state index is 12.2. The minimum atomic E-state index is -0.802. The highest BCUT2D eigenvalue weighted by atomic mass is 16.5. The highest BCUT2D eigenvalue weighted by molar-refractivity contribution is 5.89. The van der Waals surface area contributed by atoms with E-state index in [4.69, 9.17) is 15.7 Å². The Balaban J connectivity index is 2.71. The zero-order valence-electron chi connectivity index (χ0n) is 11.9. The number of carbonyl (C=O) groups excluding carboxylic acids is 2. The molecule has 2 amide bonds. The molecule has 0 aromatic heterocycles. The molecular formula is C15H19N3O3. The molecule has 0 aliphatic carbocycles. The Bertz CT molecular complexity index is 511. The fourth-order valence-corrected chi connectivity index (χ4v) is 1.94. The van der Waals surface area contributed by atoms with Crippen LogP contribution in [-0.4, -0.2) is 25.0 Å². The molecule has 3 N–H and O–H groups in total. The van der Waals surface area contributed by atoms with E-state index in [1.807, 2.05) is 12.1 Å². The third-order valence-electron chi connectivity index (χ3n) is 3.02. The number of methoxy groups -OCH3 is 1. The van der Waals surface area contributed by atoms with Gasteiger partial charge in [-0.05, 0) is 18.4 Å². The smallest absolute Gasteiger partial charge is 0.254 e. The second kappa shape index (κ2) is 8.72. The van der Waals surface area contributed by atoms with Gasteiger partial charge in [-0.15, -0.1) is 0 Å². The molecule has 0 spiro atoms. The largest absolute Gasteiger partial charge is 0.368 e. The highest BCUT2D eigenvalue weighted by Gasteiger charge is 2.24. The van der Waals surface area contributed by atoms with E-state index in [1.54, 1.807) is 24.3 Å². The average Bonchev–Trinajstić information content (AvgIpc) is 2.48. The number of hydrogen-bond acceptors (Lipinski definition) is 4. The Morgan fingerprint density at radius 1 is 1.38 bits per heavy atom. The molecule has 0 bridgehead atoms. The number of nitrogens with two attached hydrogens (primary N) is 1. The van der Waals surface area contributed by atoms with Gasteiger partial charge in [0, 0.05) is 13.5 Å². The zero-order chi connectivity index (χ0) is 15.7. The summed E-state index contributed by atoms with van der Waals surface area (Å²) in [5.74, 6) is -1.05. The minimum absolute atomic E-state index is 0.312. The molecule has 6 nitrogen and oxygen atoms in total. The molecule has 1 aromatic rings. The molecule has 0 unspecified atom stereocenters. The predicted molar refractivity (Wildman–Crippen MR) is 76.8 cm³/mol. The number of primary amides is 1. The van der Waals surface area contributed by atoms with Crippen molar-refractivity contribution in [1.29, 1.82) is 5.26 Å². The van der Waals surface area contributed by atoms with Crippen LogP contribution in [0, 0.1) is 11.3 Å². The summed E-state index contributed by atoms with van der Waals surface area (Å²) in [6, 6.07) is 10.2. The lowest BCUT2D eigenvalue weighted by atomic mass is 10.1. The number of nitriles is 1. The van der Waals surface area contributed by atoms with Gasteiger partial charge in [-0.25, -0.2) is 0 Å². The van der Waals surface area contributed by atoms with E-state index in [9.17, 15) is 9.59 Å². The van der Waals surface area contributed by atoms with Crippen molar-refractivity contribution in [3.63, 3.8) is 0 Å². The summed E-state index contributed by atoms with van der Waals surface area (Å²) in [6.07, 6.45) is 0.336. The van der Waals surface area contributed by atoms with Crippen molar-refractivity contribution in [2.45, 2.75) is 31.4 Å². The van der Waals surface area contributed by atoms with E-state index in [0.29, 0.717) is 24.8 Å². The minimum Gasteiger partial charge on any atom is -0.368 e. The number of unbranched alkanes of at least 4 members (excludes halogenated alkanes) is 1. The average molecular weight is 289 g/mol. The molecule has 21 heavy (non-hydrogen) atoms. The maximum Gasteiger partial charge on any atom is 0.254 e. The number of nitrogens with one attached hydrogen (secondary N) is 1. The molecule has 0 aliphatic heterocycles. The molecule has 1 aromatic carbocycles. The first kappa shape index (κ1) is 16.7. The maximum atomic E-state index is 12.2. The van der Waals surface area contributed by atoms with E-state index in [1.165, 1.54) is 7.11 Å². The van der Waals surface area contributed by atoms with Crippen molar-refractivity contribution in [3.05, 3.63) is 35.9 Å². The van der Waals surface area contributed by atoms with Gasteiger partial charge in [0.05, 0.1) is 6.07 Å². The van der Waals surface area contributed by atoms with Gasteiger partial charge in [-0.3, -0.25) is 9.59 Å². The molecule has 0 saturated carbocycles. The van der Waals surface area contributed by atoms with E-state index in [-0.39, 0.29) is 0 Å².